The van der Waals surface area contributed by atoms with Gasteiger partial charge in [-0.3, -0.25) is 4.79 Å². The molecule has 1 heterocycles. The third-order valence-electron chi connectivity index (χ3n) is 7.38. The SMILES string of the molecule is COc1ccc(C)c([C@@]2(CCNCC3CC3)CC(NC(=O)/C=C/c3ccoc3)CCC2(O)I)c1O. The van der Waals surface area contributed by atoms with Crippen molar-refractivity contribution < 1.29 is 24.2 Å². The molecule has 4 rings (SSSR count). The van der Waals surface area contributed by atoms with E-state index >= 15 is 0 Å². The molecule has 2 aliphatic rings. The molecule has 7 nitrogen and oxygen atoms in total. The Morgan fingerprint density at radius 2 is 2.11 bits per heavy atom. The summed E-state index contributed by atoms with van der Waals surface area (Å²) in [4.78, 5) is 12.7. The minimum absolute atomic E-state index is 0.0663. The number of hydrogen-bond acceptors (Lipinski definition) is 6. The minimum Gasteiger partial charge on any atom is -0.504 e. The maximum Gasteiger partial charge on any atom is 0.244 e. The Morgan fingerprint density at radius 3 is 2.80 bits per heavy atom. The number of amides is 1. The Morgan fingerprint density at radius 1 is 1.31 bits per heavy atom. The highest BCUT2D eigenvalue weighted by atomic mass is 127. The Bertz CT molecular complexity index is 1050. The van der Waals surface area contributed by atoms with Crippen LogP contribution >= 0.6 is 22.6 Å². The van der Waals surface area contributed by atoms with E-state index in [1.807, 2.05) is 13.0 Å². The smallest absolute Gasteiger partial charge is 0.244 e. The molecular formula is C27H35IN2O5. The van der Waals surface area contributed by atoms with Crippen LogP contribution in [0.25, 0.3) is 6.08 Å². The monoisotopic (exact) mass is 594 g/mol. The standard InChI is InChI=1S/C27H35IN2O5/c1-18-3-7-22(34-2)25(32)24(18)26(12-13-29-16-19-4-5-19)15-21(9-11-27(26,28)33)30-23(31)8-6-20-10-14-35-17-20/h3,6-8,10,14,17,19,21,29,32-33H,4-5,9,11-13,15-16H2,1-2H3,(H,30,31)/b8-6+/t21?,26-,27?/m1/s1. The maximum atomic E-state index is 12.7. The van der Waals surface area contributed by atoms with Crippen molar-refractivity contribution in [3.05, 3.63) is 53.5 Å². The number of carbonyl (C=O) groups excluding carboxylic acids is 1. The van der Waals surface area contributed by atoms with Gasteiger partial charge >= 0.3 is 0 Å². The van der Waals surface area contributed by atoms with E-state index in [-0.39, 0.29) is 17.7 Å². The number of nitrogens with one attached hydrogen (secondary N) is 2. The van der Waals surface area contributed by atoms with Crippen molar-refractivity contribution in [1.29, 1.82) is 0 Å². The highest BCUT2D eigenvalue weighted by Gasteiger charge is 2.55. The molecule has 1 aromatic heterocycles. The summed E-state index contributed by atoms with van der Waals surface area (Å²) in [5.41, 5.74) is 1.64. The number of rotatable bonds is 10. The second kappa shape index (κ2) is 10.9. The van der Waals surface area contributed by atoms with Gasteiger partial charge < -0.3 is 30.0 Å². The average molecular weight is 594 g/mol. The minimum atomic E-state index is -1.10. The number of aryl methyl sites for hydroxylation is 1. The first-order valence-corrected chi connectivity index (χ1v) is 13.3. The van der Waals surface area contributed by atoms with Gasteiger partial charge in [-0.05, 0) is 111 Å². The summed E-state index contributed by atoms with van der Waals surface area (Å²) in [5, 5.41) is 29.8. The van der Waals surface area contributed by atoms with Gasteiger partial charge in [0.25, 0.3) is 0 Å². The molecule has 0 aliphatic heterocycles. The van der Waals surface area contributed by atoms with E-state index in [1.54, 1.807) is 30.7 Å². The third-order valence-corrected chi connectivity index (χ3v) is 8.95. The van der Waals surface area contributed by atoms with Crippen LogP contribution in [-0.4, -0.2) is 46.0 Å². The van der Waals surface area contributed by atoms with Crippen molar-refractivity contribution in [1.82, 2.24) is 10.6 Å². The molecule has 2 fully saturated rings. The highest BCUT2D eigenvalue weighted by molar-refractivity contribution is 14.1. The number of benzene rings is 1. The second-order valence-corrected chi connectivity index (χ2v) is 11.7. The summed E-state index contributed by atoms with van der Waals surface area (Å²) in [6.45, 7) is 3.63. The van der Waals surface area contributed by atoms with Crippen LogP contribution in [0.1, 0.15) is 55.2 Å². The fourth-order valence-corrected chi connectivity index (χ4v) is 6.35. The lowest BCUT2D eigenvalue weighted by Crippen LogP contribution is -2.57. The van der Waals surface area contributed by atoms with Gasteiger partial charge in [-0.1, -0.05) is 6.07 Å². The zero-order valence-electron chi connectivity index (χ0n) is 20.4. The lowest BCUT2D eigenvalue weighted by Gasteiger charge is -2.51. The summed E-state index contributed by atoms with van der Waals surface area (Å²) in [7, 11) is 1.53. The van der Waals surface area contributed by atoms with E-state index < -0.39 is 9.02 Å². The van der Waals surface area contributed by atoms with Crippen LogP contribution in [0.5, 0.6) is 11.5 Å². The number of carbonyl (C=O) groups is 1. The van der Waals surface area contributed by atoms with Crippen molar-refractivity contribution in [2.24, 2.45) is 5.92 Å². The molecule has 1 aromatic carbocycles. The molecule has 2 aromatic rings. The van der Waals surface area contributed by atoms with Crippen LogP contribution < -0.4 is 15.4 Å². The number of aromatic hydroxyl groups is 1. The van der Waals surface area contributed by atoms with E-state index in [9.17, 15) is 15.0 Å². The normalized spacial score (nSPS) is 26.7. The summed E-state index contributed by atoms with van der Waals surface area (Å²) < 4.78 is 9.38. The van der Waals surface area contributed by atoms with Crippen molar-refractivity contribution in [3.63, 3.8) is 0 Å². The summed E-state index contributed by atoms with van der Waals surface area (Å²) >= 11 is 2.15. The van der Waals surface area contributed by atoms with Crippen molar-refractivity contribution in [3.8, 4) is 11.5 Å². The van der Waals surface area contributed by atoms with Crippen LogP contribution in [0.2, 0.25) is 0 Å². The van der Waals surface area contributed by atoms with Gasteiger partial charge in [-0.15, -0.1) is 0 Å². The molecule has 0 spiro atoms. The second-order valence-electron chi connectivity index (χ2n) is 9.89. The molecule has 8 heteroatoms. The predicted molar refractivity (Wildman–Crippen MR) is 144 cm³/mol. The number of furan rings is 1. The lowest BCUT2D eigenvalue weighted by molar-refractivity contribution is -0.118. The van der Waals surface area contributed by atoms with Gasteiger partial charge in [0.1, 0.15) is 3.61 Å². The van der Waals surface area contributed by atoms with Crippen molar-refractivity contribution in [2.75, 3.05) is 20.2 Å². The number of alkyl halides is 1. The molecule has 4 N–H and O–H groups in total. The van der Waals surface area contributed by atoms with Gasteiger partial charge in [0.15, 0.2) is 11.5 Å². The molecule has 0 bridgehead atoms. The zero-order valence-corrected chi connectivity index (χ0v) is 22.5. The molecule has 0 radical (unpaired) electrons. The fourth-order valence-electron chi connectivity index (χ4n) is 5.28. The molecule has 1 amide bonds. The molecule has 0 saturated heterocycles. The van der Waals surface area contributed by atoms with E-state index in [0.29, 0.717) is 43.5 Å². The van der Waals surface area contributed by atoms with Crippen molar-refractivity contribution >= 4 is 34.6 Å². The van der Waals surface area contributed by atoms with Gasteiger partial charge in [0, 0.05) is 28.7 Å². The summed E-state index contributed by atoms with van der Waals surface area (Å²) in [6, 6.07) is 5.31. The van der Waals surface area contributed by atoms with Crippen LogP contribution in [0.3, 0.4) is 0 Å². The number of ether oxygens (including phenoxy) is 1. The van der Waals surface area contributed by atoms with Gasteiger partial charge in [-0.25, -0.2) is 0 Å². The fraction of sp³-hybridized carbons (Fsp3) is 0.519. The van der Waals surface area contributed by atoms with Crippen molar-refractivity contribution in [2.45, 2.75) is 60.5 Å². The highest BCUT2D eigenvalue weighted by Crippen LogP contribution is 2.56. The third kappa shape index (κ3) is 5.86. The summed E-state index contributed by atoms with van der Waals surface area (Å²) in [5.74, 6) is 1.01. The quantitative estimate of drug-likeness (QED) is 0.141. The Labute approximate surface area is 220 Å². The molecule has 35 heavy (non-hydrogen) atoms. The molecule has 190 valence electrons. The van der Waals surface area contributed by atoms with Crippen LogP contribution in [0, 0.1) is 12.8 Å². The number of hydrogen-bond donors (Lipinski definition) is 4. The zero-order chi connectivity index (χ0) is 25.1. The molecule has 2 unspecified atom stereocenters. The average Bonchev–Trinajstić information content (AvgIpc) is 3.49. The molecule has 2 saturated carbocycles. The largest absolute Gasteiger partial charge is 0.504 e. The number of phenolic OH excluding ortho intramolecular Hbond substituents is 1. The molecule has 2 aliphatic carbocycles. The topological polar surface area (TPSA) is 104 Å². The Balaban J connectivity index is 1.62. The van der Waals surface area contributed by atoms with Crippen LogP contribution in [0.4, 0.5) is 0 Å². The number of aliphatic hydroxyl groups is 1. The lowest BCUT2D eigenvalue weighted by atomic mass is 9.62. The van der Waals surface area contributed by atoms with Gasteiger partial charge in [0.2, 0.25) is 5.91 Å². The molecular weight excluding hydrogens is 559 g/mol. The first-order valence-electron chi connectivity index (χ1n) is 12.3. The summed E-state index contributed by atoms with van der Waals surface area (Å²) in [6.07, 6.45) is 11.2. The maximum absolute atomic E-state index is 12.7. The van der Waals surface area contributed by atoms with E-state index in [1.165, 1.54) is 26.0 Å². The Kier molecular flexibility index (Phi) is 8.12. The first-order chi connectivity index (χ1) is 16.8. The number of methoxy groups -OCH3 is 1. The first kappa shape index (κ1) is 26.0. The molecule has 3 atom stereocenters. The van der Waals surface area contributed by atoms with E-state index in [0.717, 1.165) is 23.6 Å². The van der Waals surface area contributed by atoms with Gasteiger partial charge in [-0.2, -0.15) is 0 Å². The van der Waals surface area contributed by atoms with E-state index in [2.05, 4.69) is 33.2 Å². The van der Waals surface area contributed by atoms with Gasteiger partial charge in [0.05, 0.1) is 19.6 Å². The Hall–Kier alpha value is -2.04. The van der Waals surface area contributed by atoms with Crippen LogP contribution in [0.15, 0.2) is 41.2 Å². The van der Waals surface area contributed by atoms with E-state index in [4.69, 9.17) is 9.15 Å². The number of halogens is 1. The van der Waals surface area contributed by atoms with Crippen LogP contribution in [-0.2, 0) is 10.2 Å². The predicted octanol–water partition coefficient (Wildman–Crippen LogP) is 4.44. The number of phenols is 1.